The number of nitrogens with one attached hydrogen (secondary N) is 2. The van der Waals surface area contributed by atoms with Gasteiger partial charge in [0.15, 0.2) is 0 Å². The van der Waals surface area contributed by atoms with Gasteiger partial charge < -0.3 is 25.4 Å². The van der Waals surface area contributed by atoms with Crippen LogP contribution in [0.1, 0.15) is 19.3 Å². The van der Waals surface area contributed by atoms with Crippen LogP contribution in [0.2, 0.25) is 0 Å². The van der Waals surface area contributed by atoms with Gasteiger partial charge in [-0.2, -0.15) is 0 Å². The second kappa shape index (κ2) is 9.32. The highest BCUT2D eigenvalue weighted by Gasteiger charge is 2.27. The number of carboxylic acids is 1. The fourth-order valence-corrected chi connectivity index (χ4v) is 3.55. The van der Waals surface area contributed by atoms with Crippen molar-refractivity contribution >= 4 is 34.7 Å². The molecule has 7 nitrogen and oxygen atoms in total. The van der Waals surface area contributed by atoms with Crippen LogP contribution in [-0.4, -0.2) is 54.0 Å². The molecule has 1 aliphatic rings. The van der Waals surface area contributed by atoms with Gasteiger partial charge in [-0.15, -0.1) is 0 Å². The van der Waals surface area contributed by atoms with Crippen molar-refractivity contribution in [1.82, 2.24) is 10.2 Å². The zero-order valence-electron chi connectivity index (χ0n) is 15.6. The fourth-order valence-electron chi connectivity index (χ4n) is 3.55. The van der Waals surface area contributed by atoms with E-state index in [1.54, 1.807) is 0 Å². The molecule has 3 rings (SSSR count). The van der Waals surface area contributed by atoms with Gasteiger partial charge in [-0.1, -0.05) is 30.3 Å². The van der Waals surface area contributed by atoms with Gasteiger partial charge in [-0.05, 0) is 55.3 Å². The number of rotatable bonds is 8. The Morgan fingerprint density at radius 1 is 1.21 bits per heavy atom. The molecule has 2 atom stereocenters. The first-order valence-electron chi connectivity index (χ1n) is 9.52. The minimum absolute atomic E-state index is 0.298. The summed E-state index contributed by atoms with van der Waals surface area (Å²) >= 11 is 0. The Bertz CT molecular complexity index is 854. The lowest BCUT2D eigenvalue weighted by Gasteiger charge is -2.17. The van der Waals surface area contributed by atoms with E-state index in [0.717, 1.165) is 30.1 Å². The molecule has 2 amide bonds. The predicted molar refractivity (Wildman–Crippen MR) is 107 cm³/mol. The average Bonchev–Trinajstić information content (AvgIpc) is 3.16. The summed E-state index contributed by atoms with van der Waals surface area (Å²) in [6.07, 6.45) is 2.64. The third-order valence-corrected chi connectivity index (χ3v) is 5.10. The number of amides is 2. The van der Waals surface area contributed by atoms with E-state index >= 15 is 0 Å². The second-order valence-corrected chi connectivity index (χ2v) is 7.17. The Kier molecular flexibility index (Phi) is 6.60. The van der Waals surface area contributed by atoms with Crippen molar-refractivity contribution in [2.45, 2.75) is 25.3 Å². The first-order valence-corrected chi connectivity index (χ1v) is 9.52. The summed E-state index contributed by atoms with van der Waals surface area (Å²) in [4.78, 5) is 36.6. The second-order valence-electron chi connectivity index (χ2n) is 7.17. The van der Waals surface area contributed by atoms with Crippen molar-refractivity contribution in [2.24, 2.45) is 5.92 Å². The van der Waals surface area contributed by atoms with Crippen LogP contribution >= 0.6 is 0 Å². The number of anilines is 1. The molecule has 0 aliphatic carbocycles. The van der Waals surface area contributed by atoms with Crippen molar-refractivity contribution in [3.63, 3.8) is 0 Å². The van der Waals surface area contributed by atoms with E-state index < -0.39 is 18.0 Å². The molecule has 0 radical (unpaired) electrons. The van der Waals surface area contributed by atoms with E-state index in [-0.39, 0.29) is 5.92 Å². The van der Waals surface area contributed by atoms with Crippen LogP contribution in [0.25, 0.3) is 10.8 Å². The van der Waals surface area contributed by atoms with Crippen molar-refractivity contribution in [3.8, 4) is 0 Å². The topological polar surface area (TPSA) is 98.7 Å². The number of carboxylic acid groups (broad SMARTS) is 1. The largest absolute Gasteiger partial charge is 0.481 e. The van der Waals surface area contributed by atoms with E-state index in [2.05, 4.69) is 15.5 Å². The van der Waals surface area contributed by atoms with Gasteiger partial charge >= 0.3 is 12.0 Å². The number of hydrogen-bond donors (Lipinski definition) is 3. The lowest BCUT2D eigenvalue weighted by Crippen LogP contribution is -2.39. The van der Waals surface area contributed by atoms with Crippen molar-refractivity contribution in [1.29, 1.82) is 0 Å². The normalized spacial score (nSPS) is 17.9. The summed E-state index contributed by atoms with van der Waals surface area (Å²) in [5.74, 6) is -1.05. The maximum Gasteiger partial charge on any atom is 0.319 e. The van der Waals surface area contributed by atoms with Crippen LogP contribution in [0.4, 0.5) is 10.5 Å². The number of benzene rings is 2. The Morgan fingerprint density at radius 2 is 2.00 bits per heavy atom. The summed E-state index contributed by atoms with van der Waals surface area (Å²) in [5, 5.41) is 16.6. The highest BCUT2D eigenvalue weighted by molar-refractivity contribution is 5.94. The molecule has 0 spiro atoms. The molecule has 1 fully saturated rings. The lowest BCUT2D eigenvalue weighted by atomic mass is 10.1. The minimum atomic E-state index is -0.750. The van der Waals surface area contributed by atoms with Gasteiger partial charge in [-0.3, -0.25) is 4.79 Å². The van der Waals surface area contributed by atoms with Crippen molar-refractivity contribution < 1.29 is 19.5 Å². The number of carbonyl (C=O) groups excluding carboxylic acids is 2. The molecule has 1 aliphatic heterocycles. The van der Waals surface area contributed by atoms with E-state index in [4.69, 9.17) is 5.11 Å². The fraction of sp³-hybridized carbons (Fsp3) is 0.381. The third kappa shape index (κ3) is 5.29. The predicted octanol–water partition coefficient (Wildman–Crippen LogP) is 2.72. The molecule has 2 aromatic carbocycles. The first kappa shape index (κ1) is 19.8. The van der Waals surface area contributed by atoms with Crippen LogP contribution in [0.3, 0.4) is 0 Å². The highest BCUT2D eigenvalue weighted by atomic mass is 16.4. The number of hydrogen-bond acceptors (Lipinski definition) is 4. The SMILES string of the molecule is O=CC(CCCN1CCC(C(=O)O)C1)NC(=O)Nc1ccc2ccccc2c1. The van der Waals surface area contributed by atoms with Crippen LogP contribution < -0.4 is 10.6 Å². The van der Waals surface area contributed by atoms with E-state index in [9.17, 15) is 14.4 Å². The van der Waals surface area contributed by atoms with E-state index in [1.807, 2.05) is 42.5 Å². The van der Waals surface area contributed by atoms with Gasteiger partial charge in [0.2, 0.25) is 0 Å². The highest BCUT2D eigenvalue weighted by Crippen LogP contribution is 2.19. The average molecular weight is 383 g/mol. The Hall–Kier alpha value is -2.93. The number of aliphatic carboxylic acids is 1. The number of likely N-dealkylation sites (tertiary alicyclic amines) is 1. The third-order valence-electron chi connectivity index (χ3n) is 5.10. The maximum absolute atomic E-state index is 12.2. The Balaban J connectivity index is 1.44. The first-order chi connectivity index (χ1) is 13.5. The smallest absolute Gasteiger partial charge is 0.319 e. The van der Waals surface area contributed by atoms with Gasteiger partial charge in [0.25, 0.3) is 0 Å². The van der Waals surface area contributed by atoms with Gasteiger partial charge in [-0.25, -0.2) is 4.79 Å². The number of fused-ring (bicyclic) bond motifs is 1. The molecule has 148 valence electrons. The summed E-state index contributed by atoms with van der Waals surface area (Å²) in [6, 6.07) is 12.5. The van der Waals surface area contributed by atoms with Crippen LogP contribution in [0.5, 0.6) is 0 Å². The van der Waals surface area contributed by atoms with Gasteiger partial charge in [0.05, 0.1) is 12.0 Å². The standard InChI is InChI=1S/C21H25N3O4/c25-14-19(6-3-10-24-11-9-17(13-24)20(26)27)23-21(28)22-18-8-7-15-4-1-2-5-16(15)12-18/h1-2,4-5,7-8,12,14,17,19H,3,6,9-11,13H2,(H,26,27)(H2,22,23,28). The summed E-state index contributed by atoms with van der Waals surface area (Å²) in [5.41, 5.74) is 0.664. The number of urea groups is 1. The van der Waals surface area contributed by atoms with E-state index in [0.29, 0.717) is 31.5 Å². The molecule has 1 heterocycles. The number of carbonyl (C=O) groups is 3. The molecular weight excluding hydrogens is 358 g/mol. The zero-order chi connectivity index (χ0) is 19.9. The molecule has 0 saturated carbocycles. The van der Waals surface area contributed by atoms with Gasteiger partial charge in [0.1, 0.15) is 6.29 Å². The van der Waals surface area contributed by atoms with Crippen LogP contribution in [0.15, 0.2) is 42.5 Å². The summed E-state index contributed by atoms with van der Waals surface area (Å²) in [6.45, 7) is 2.04. The monoisotopic (exact) mass is 383 g/mol. The number of nitrogens with zero attached hydrogens (tertiary/aromatic N) is 1. The lowest BCUT2D eigenvalue weighted by molar-refractivity contribution is -0.141. The quantitative estimate of drug-likeness (QED) is 0.609. The summed E-state index contributed by atoms with van der Waals surface area (Å²) < 4.78 is 0. The van der Waals surface area contributed by atoms with Crippen molar-refractivity contribution in [3.05, 3.63) is 42.5 Å². The number of aldehydes is 1. The van der Waals surface area contributed by atoms with Crippen molar-refractivity contribution in [2.75, 3.05) is 25.0 Å². The minimum Gasteiger partial charge on any atom is -0.481 e. The van der Waals surface area contributed by atoms with Gasteiger partial charge in [0, 0.05) is 12.2 Å². The Morgan fingerprint density at radius 3 is 2.71 bits per heavy atom. The maximum atomic E-state index is 12.2. The molecule has 7 heteroatoms. The zero-order valence-corrected chi connectivity index (χ0v) is 15.6. The molecule has 28 heavy (non-hydrogen) atoms. The van der Waals surface area contributed by atoms with Crippen LogP contribution in [0, 0.1) is 5.92 Å². The molecule has 3 N–H and O–H groups in total. The molecule has 1 saturated heterocycles. The van der Waals surface area contributed by atoms with Crippen LogP contribution in [-0.2, 0) is 9.59 Å². The molecule has 0 aromatic heterocycles. The molecule has 2 unspecified atom stereocenters. The molecule has 2 aromatic rings. The van der Waals surface area contributed by atoms with E-state index in [1.165, 1.54) is 0 Å². The summed E-state index contributed by atoms with van der Waals surface area (Å²) in [7, 11) is 0. The molecule has 0 bridgehead atoms. The Labute approximate surface area is 163 Å². The molecular formula is C21H25N3O4.